The zero-order valence-corrected chi connectivity index (χ0v) is 10.8. The van der Waals surface area contributed by atoms with Crippen molar-refractivity contribution in [1.29, 1.82) is 0 Å². The van der Waals surface area contributed by atoms with Crippen molar-refractivity contribution in [3.63, 3.8) is 0 Å². The average molecular weight is 245 g/mol. The van der Waals surface area contributed by atoms with Gasteiger partial charge in [-0.05, 0) is 29.8 Å². The SMILES string of the molecule is CC.CC.O=C(Cl)c1ccc2c(c1)OCO2. The Morgan fingerprint density at radius 3 is 2.25 bits per heavy atom. The van der Waals surface area contributed by atoms with Gasteiger partial charge in [-0.2, -0.15) is 0 Å². The van der Waals surface area contributed by atoms with Gasteiger partial charge in [-0.25, -0.2) is 0 Å². The predicted molar refractivity (Wildman–Crippen MR) is 65.4 cm³/mol. The van der Waals surface area contributed by atoms with Crippen LogP contribution in [0.25, 0.3) is 0 Å². The molecule has 0 aliphatic carbocycles. The van der Waals surface area contributed by atoms with Crippen LogP contribution in [-0.4, -0.2) is 12.0 Å². The maximum Gasteiger partial charge on any atom is 0.252 e. The van der Waals surface area contributed by atoms with E-state index in [4.69, 9.17) is 21.1 Å². The van der Waals surface area contributed by atoms with E-state index in [0.29, 0.717) is 17.1 Å². The van der Waals surface area contributed by atoms with Crippen molar-refractivity contribution in [1.82, 2.24) is 0 Å². The lowest BCUT2D eigenvalue weighted by atomic mass is 10.2. The quantitative estimate of drug-likeness (QED) is 0.704. The fraction of sp³-hybridized carbons (Fsp3) is 0.417. The predicted octanol–water partition coefficient (Wildman–Crippen LogP) is 3.85. The molecule has 1 heterocycles. The van der Waals surface area contributed by atoms with Gasteiger partial charge in [0.05, 0.1) is 0 Å². The number of carbonyl (C=O) groups is 1. The molecule has 0 radical (unpaired) electrons. The van der Waals surface area contributed by atoms with Gasteiger partial charge in [0, 0.05) is 5.56 Å². The molecule has 16 heavy (non-hydrogen) atoms. The molecule has 1 aromatic rings. The zero-order valence-electron chi connectivity index (χ0n) is 10.0. The first-order valence-corrected chi connectivity index (χ1v) is 5.74. The average Bonchev–Trinajstić information content (AvgIpc) is 2.81. The molecule has 0 fully saturated rings. The first-order chi connectivity index (χ1) is 7.77. The third kappa shape index (κ3) is 3.74. The molecule has 2 rings (SSSR count). The van der Waals surface area contributed by atoms with Gasteiger partial charge in [-0.1, -0.05) is 27.7 Å². The van der Waals surface area contributed by atoms with Gasteiger partial charge in [0.2, 0.25) is 6.79 Å². The number of fused-ring (bicyclic) bond motifs is 1. The van der Waals surface area contributed by atoms with Crippen molar-refractivity contribution >= 4 is 16.8 Å². The number of benzene rings is 1. The molecular weight excluding hydrogens is 228 g/mol. The van der Waals surface area contributed by atoms with E-state index in [-0.39, 0.29) is 6.79 Å². The second kappa shape index (κ2) is 7.99. The molecule has 4 heteroatoms. The number of ether oxygens (including phenoxy) is 2. The van der Waals surface area contributed by atoms with E-state index in [1.807, 2.05) is 27.7 Å². The fourth-order valence-electron chi connectivity index (χ4n) is 1.02. The van der Waals surface area contributed by atoms with E-state index in [0.717, 1.165) is 0 Å². The third-order valence-corrected chi connectivity index (χ3v) is 1.82. The molecule has 0 atom stereocenters. The molecule has 0 N–H and O–H groups in total. The van der Waals surface area contributed by atoms with Crippen LogP contribution in [0, 0.1) is 0 Å². The summed E-state index contributed by atoms with van der Waals surface area (Å²) in [5.41, 5.74) is 0.418. The van der Waals surface area contributed by atoms with Crippen LogP contribution in [0.2, 0.25) is 0 Å². The van der Waals surface area contributed by atoms with Crippen LogP contribution < -0.4 is 9.47 Å². The van der Waals surface area contributed by atoms with E-state index in [2.05, 4.69) is 0 Å². The van der Waals surface area contributed by atoms with E-state index in [1.54, 1.807) is 18.2 Å². The minimum atomic E-state index is -0.492. The smallest absolute Gasteiger partial charge is 0.252 e. The Balaban J connectivity index is 0.000000509. The van der Waals surface area contributed by atoms with Crippen molar-refractivity contribution in [2.45, 2.75) is 27.7 Å². The summed E-state index contributed by atoms with van der Waals surface area (Å²) in [5, 5.41) is -0.492. The second-order valence-electron chi connectivity index (χ2n) is 2.34. The Morgan fingerprint density at radius 2 is 1.69 bits per heavy atom. The van der Waals surface area contributed by atoms with Crippen molar-refractivity contribution in [2.24, 2.45) is 0 Å². The molecule has 0 bridgehead atoms. The van der Waals surface area contributed by atoms with E-state index < -0.39 is 5.24 Å². The maximum absolute atomic E-state index is 10.7. The number of halogens is 1. The van der Waals surface area contributed by atoms with Crippen molar-refractivity contribution in [3.05, 3.63) is 23.8 Å². The highest BCUT2D eigenvalue weighted by Crippen LogP contribution is 2.32. The Morgan fingerprint density at radius 1 is 1.12 bits per heavy atom. The van der Waals surface area contributed by atoms with Gasteiger partial charge < -0.3 is 9.47 Å². The molecule has 0 saturated heterocycles. The van der Waals surface area contributed by atoms with Crippen molar-refractivity contribution in [3.8, 4) is 11.5 Å². The standard InChI is InChI=1S/C8H5ClO3.2C2H6/c9-8(10)5-1-2-6-7(3-5)12-4-11-6;2*1-2/h1-3H,4H2;2*1-2H3. The molecule has 0 unspecified atom stereocenters. The third-order valence-electron chi connectivity index (χ3n) is 1.60. The van der Waals surface area contributed by atoms with Crippen molar-refractivity contribution < 1.29 is 14.3 Å². The number of hydrogen-bond donors (Lipinski definition) is 0. The normalized spacial score (nSPS) is 10.6. The van der Waals surface area contributed by atoms with Crippen LogP contribution in [0.5, 0.6) is 11.5 Å². The molecule has 0 saturated carbocycles. The summed E-state index contributed by atoms with van der Waals surface area (Å²) in [5.74, 6) is 1.22. The van der Waals surface area contributed by atoms with Crippen LogP contribution in [0.3, 0.4) is 0 Å². The van der Waals surface area contributed by atoms with Gasteiger partial charge >= 0.3 is 0 Å². The molecule has 1 aliphatic heterocycles. The van der Waals surface area contributed by atoms with Crippen LogP contribution in [-0.2, 0) is 0 Å². The Bertz CT molecular complexity index is 337. The number of hydrogen-bond acceptors (Lipinski definition) is 3. The number of rotatable bonds is 1. The summed E-state index contributed by atoms with van der Waals surface area (Å²) < 4.78 is 10.1. The summed E-state index contributed by atoms with van der Waals surface area (Å²) in [4.78, 5) is 10.7. The molecule has 1 aromatic carbocycles. The lowest BCUT2D eigenvalue weighted by Gasteiger charge is -1.96. The van der Waals surface area contributed by atoms with E-state index in [1.165, 1.54) is 0 Å². The molecule has 0 spiro atoms. The molecule has 0 amide bonds. The van der Waals surface area contributed by atoms with Gasteiger partial charge in [0.1, 0.15) is 0 Å². The largest absolute Gasteiger partial charge is 0.454 e. The van der Waals surface area contributed by atoms with E-state index in [9.17, 15) is 4.79 Å². The first-order valence-electron chi connectivity index (χ1n) is 5.37. The Kier molecular flexibility index (Phi) is 7.38. The van der Waals surface area contributed by atoms with Gasteiger partial charge in [0.15, 0.2) is 11.5 Å². The monoisotopic (exact) mass is 244 g/mol. The van der Waals surface area contributed by atoms with Gasteiger partial charge in [0.25, 0.3) is 5.24 Å². The van der Waals surface area contributed by atoms with Gasteiger partial charge in [-0.3, -0.25) is 4.79 Å². The lowest BCUT2D eigenvalue weighted by Crippen LogP contribution is -1.93. The summed E-state index contributed by atoms with van der Waals surface area (Å²) >= 11 is 5.27. The van der Waals surface area contributed by atoms with Crippen LogP contribution in [0.4, 0.5) is 0 Å². The lowest BCUT2D eigenvalue weighted by molar-refractivity contribution is 0.108. The zero-order chi connectivity index (χ0) is 12.6. The van der Waals surface area contributed by atoms with Crippen molar-refractivity contribution in [2.75, 3.05) is 6.79 Å². The fourth-order valence-corrected chi connectivity index (χ4v) is 1.14. The second-order valence-corrected chi connectivity index (χ2v) is 2.69. The summed E-state index contributed by atoms with van der Waals surface area (Å²) in [7, 11) is 0. The summed E-state index contributed by atoms with van der Waals surface area (Å²) in [6, 6.07) is 4.83. The highest BCUT2D eigenvalue weighted by atomic mass is 35.5. The highest BCUT2D eigenvalue weighted by molar-refractivity contribution is 6.67. The van der Waals surface area contributed by atoms with Crippen LogP contribution in [0.1, 0.15) is 38.1 Å². The van der Waals surface area contributed by atoms with Crippen LogP contribution in [0.15, 0.2) is 18.2 Å². The topological polar surface area (TPSA) is 35.5 Å². The summed E-state index contributed by atoms with van der Waals surface area (Å²) in [6.45, 7) is 8.20. The Hall–Kier alpha value is -1.22. The van der Waals surface area contributed by atoms with Gasteiger partial charge in [-0.15, -0.1) is 0 Å². The minimum Gasteiger partial charge on any atom is -0.454 e. The van der Waals surface area contributed by atoms with Crippen LogP contribution >= 0.6 is 11.6 Å². The molecule has 3 nitrogen and oxygen atoms in total. The maximum atomic E-state index is 10.7. The highest BCUT2D eigenvalue weighted by Gasteiger charge is 2.14. The number of carbonyl (C=O) groups excluding carboxylic acids is 1. The molecular formula is C12H17ClO3. The molecule has 0 aromatic heterocycles. The minimum absolute atomic E-state index is 0.204. The Labute approximate surface area is 101 Å². The van der Waals surface area contributed by atoms with E-state index >= 15 is 0 Å². The molecule has 90 valence electrons. The summed E-state index contributed by atoms with van der Waals surface area (Å²) in [6.07, 6.45) is 0. The first kappa shape index (κ1) is 14.8. The molecule has 1 aliphatic rings.